The highest BCUT2D eigenvalue weighted by Gasteiger charge is 2.19. The zero-order chi connectivity index (χ0) is 13.4. The third-order valence-electron chi connectivity index (χ3n) is 2.53. The predicted octanol–water partition coefficient (Wildman–Crippen LogP) is 2.72. The Hall–Kier alpha value is -1.63. The maximum absolute atomic E-state index is 13.9. The molecule has 96 valence electrons. The van der Waals surface area contributed by atoms with Gasteiger partial charge in [-0.1, -0.05) is 0 Å². The third kappa shape index (κ3) is 1.94. The van der Waals surface area contributed by atoms with Gasteiger partial charge in [0.2, 0.25) is 0 Å². The minimum atomic E-state index is -0.662. The lowest BCUT2D eigenvalue weighted by molar-refractivity contribution is 0.383. The first-order valence-electron chi connectivity index (χ1n) is 4.97. The topological polar surface area (TPSA) is 53.1 Å². The first-order chi connectivity index (χ1) is 8.45. The van der Waals surface area contributed by atoms with Crippen LogP contribution in [0, 0.1) is 11.6 Å². The molecule has 2 rings (SSSR count). The number of ether oxygens (including phenoxy) is 1. The molecule has 0 aliphatic carbocycles. The standard InChI is InChI=1S/C11H10BrF2N3O/c1-17-11(15)9(12)10(16-17)5-3-7(14)8(18-2)4-6(5)13/h3-4H,15H2,1-2H3. The van der Waals surface area contributed by atoms with Crippen molar-refractivity contribution >= 4 is 21.7 Å². The summed E-state index contributed by atoms with van der Waals surface area (Å²) in [7, 11) is 2.88. The van der Waals surface area contributed by atoms with Gasteiger partial charge in [0.1, 0.15) is 17.3 Å². The number of aromatic nitrogens is 2. The summed E-state index contributed by atoms with van der Waals surface area (Å²) in [6.07, 6.45) is 0. The number of halogens is 3. The predicted molar refractivity (Wildman–Crippen MR) is 67.2 cm³/mol. The maximum atomic E-state index is 13.9. The molecule has 2 N–H and O–H groups in total. The zero-order valence-corrected chi connectivity index (χ0v) is 11.3. The molecule has 4 nitrogen and oxygen atoms in total. The Morgan fingerprint density at radius 2 is 2.00 bits per heavy atom. The zero-order valence-electron chi connectivity index (χ0n) is 9.67. The van der Waals surface area contributed by atoms with Crippen molar-refractivity contribution in [1.29, 1.82) is 0 Å². The number of benzene rings is 1. The second-order valence-corrected chi connectivity index (χ2v) is 4.43. The molecule has 0 aliphatic rings. The van der Waals surface area contributed by atoms with Crippen LogP contribution in [0.4, 0.5) is 14.6 Å². The van der Waals surface area contributed by atoms with E-state index in [2.05, 4.69) is 21.0 Å². The number of methoxy groups -OCH3 is 1. The molecule has 1 aromatic heterocycles. The minimum absolute atomic E-state index is 0.0208. The first kappa shape index (κ1) is 12.8. The molecule has 7 heteroatoms. The van der Waals surface area contributed by atoms with E-state index in [0.717, 1.165) is 12.1 Å². The van der Waals surface area contributed by atoms with E-state index in [4.69, 9.17) is 10.5 Å². The van der Waals surface area contributed by atoms with Crippen molar-refractivity contribution in [2.45, 2.75) is 0 Å². The van der Waals surface area contributed by atoms with Gasteiger partial charge in [-0.3, -0.25) is 4.68 Å². The fourth-order valence-electron chi connectivity index (χ4n) is 1.55. The fourth-order valence-corrected chi connectivity index (χ4v) is 2.10. The summed E-state index contributed by atoms with van der Waals surface area (Å²) in [6, 6.07) is 2.00. The van der Waals surface area contributed by atoms with Crippen LogP contribution in [-0.2, 0) is 7.05 Å². The summed E-state index contributed by atoms with van der Waals surface area (Å²) < 4.78 is 33.9. The monoisotopic (exact) mass is 317 g/mol. The molecule has 0 radical (unpaired) electrons. The number of nitrogen functional groups attached to an aromatic ring is 1. The molecule has 0 atom stereocenters. The average molecular weight is 318 g/mol. The molecule has 0 saturated carbocycles. The smallest absolute Gasteiger partial charge is 0.165 e. The number of nitrogens with zero attached hydrogens (tertiary/aromatic N) is 2. The molecule has 2 aromatic rings. The number of anilines is 1. The van der Waals surface area contributed by atoms with E-state index < -0.39 is 11.6 Å². The summed E-state index contributed by atoms with van der Waals surface area (Å²) in [5.74, 6) is -1.12. The van der Waals surface area contributed by atoms with Gasteiger partial charge in [0.25, 0.3) is 0 Å². The van der Waals surface area contributed by atoms with Crippen molar-refractivity contribution in [2.75, 3.05) is 12.8 Å². The Morgan fingerprint density at radius 1 is 1.33 bits per heavy atom. The Bertz CT molecular complexity index is 613. The lowest BCUT2D eigenvalue weighted by Gasteiger charge is -2.05. The molecule has 1 heterocycles. The summed E-state index contributed by atoms with van der Waals surface area (Å²) in [5.41, 5.74) is 5.96. The summed E-state index contributed by atoms with van der Waals surface area (Å²) >= 11 is 3.20. The van der Waals surface area contributed by atoms with E-state index in [1.165, 1.54) is 11.8 Å². The lowest BCUT2D eigenvalue weighted by atomic mass is 10.1. The molecule has 0 aliphatic heterocycles. The molecule has 0 saturated heterocycles. The van der Waals surface area contributed by atoms with E-state index in [1.54, 1.807) is 7.05 Å². The summed E-state index contributed by atoms with van der Waals surface area (Å²) in [6.45, 7) is 0. The van der Waals surface area contributed by atoms with Gasteiger partial charge in [-0.05, 0) is 22.0 Å². The molecular formula is C11H10BrF2N3O. The fraction of sp³-hybridized carbons (Fsp3) is 0.182. The van der Waals surface area contributed by atoms with Crippen LogP contribution in [0.2, 0.25) is 0 Å². The Balaban J connectivity index is 2.64. The molecule has 0 unspecified atom stereocenters. The molecule has 0 fully saturated rings. The van der Waals surface area contributed by atoms with Crippen LogP contribution >= 0.6 is 15.9 Å². The largest absolute Gasteiger partial charge is 0.494 e. The van der Waals surface area contributed by atoms with Crippen LogP contribution in [0.3, 0.4) is 0 Å². The third-order valence-corrected chi connectivity index (χ3v) is 3.31. The van der Waals surface area contributed by atoms with Crippen LogP contribution in [0.25, 0.3) is 11.3 Å². The molecular weight excluding hydrogens is 308 g/mol. The van der Waals surface area contributed by atoms with Gasteiger partial charge >= 0.3 is 0 Å². The van der Waals surface area contributed by atoms with E-state index in [1.807, 2.05) is 0 Å². The molecule has 1 aromatic carbocycles. The number of aryl methyl sites for hydroxylation is 1. The van der Waals surface area contributed by atoms with Gasteiger partial charge in [-0.15, -0.1) is 0 Å². The van der Waals surface area contributed by atoms with Gasteiger partial charge in [-0.2, -0.15) is 5.10 Å². The Kier molecular flexibility index (Phi) is 3.25. The highest BCUT2D eigenvalue weighted by Crippen LogP contribution is 2.35. The van der Waals surface area contributed by atoms with Crippen LogP contribution in [-0.4, -0.2) is 16.9 Å². The average Bonchev–Trinajstić information content (AvgIpc) is 2.59. The van der Waals surface area contributed by atoms with Crippen molar-refractivity contribution in [3.8, 4) is 17.0 Å². The van der Waals surface area contributed by atoms with Gasteiger partial charge in [0.15, 0.2) is 11.6 Å². The van der Waals surface area contributed by atoms with Crippen LogP contribution in [0.5, 0.6) is 5.75 Å². The normalized spacial score (nSPS) is 10.7. The molecule has 0 bridgehead atoms. The van der Waals surface area contributed by atoms with Gasteiger partial charge < -0.3 is 10.5 Å². The molecule has 0 amide bonds. The van der Waals surface area contributed by atoms with E-state index in [0.29, 0.717) is 10.3 Å². The van der Waals surface area contributed by atoms with Crippen molar-refractivity contribution in [3.05, 3.63) is 28.2 Å². The highest BCUT2D eigenvalue weighted by molar-refractivity contribution is 9.10. The Labute approximate surface area is 110 Å². The Morgan fingerprint density at radius 3 is 2.50 bits per heavy atom. The summed E-state index contributed by atoms with van der Waals surface area (Å²) in [5, 5.41) is 4.03. The van der Waals surface area contributed by atoms with E-state index >= 15 is 0 Å². The number of hydrogen-bond donors (Lipinski definition) is 1. The lowest BCUT2D eigenvalue weighted by Crippen LogP contribution is -1.97. The molecule has 0 spiro atoms. The number of nitrogens with two attached hydrogens (primary N) is 1. The first-order valence-corrected chi connectivity index (χ1v) is 5.76. The van der Waals surface area contributed by atoms with Crippen LogP contribution < -0.4 is 10.5 Å². The molecule has 18 heavy (non-hydrogen) atoms. The SMILES string of the molecule is COc1cc(F)c(-c2nn(C)c(N)c2Br)cc1F. The van der Waals surface area contributed by atoms with Gasteiger partial charge in [-0.25, -0.2) is 8.78 Å². The second-order valence-electron chi connectivity index (χ2n) is 3.64. The number of hydrogen-bond acceptors (Lipinski definition) is 3. The maximum Gasteiger partial charge on any atom is 0.165 e. The quantitative estimate of drug-likeness (QED) is 0.926. The minimum Gasteiger partial charge on any atom is -0.494 e. The van der Waals surface area contributed by atoms with Crippen molar-refractivity contribution in [3.63, 3.8) is 0 Å². The van der Waals surface area contributed by atoms with Crippen LogP contribution in [0.15, 0.2) is 16.6 Å². The summed E-state index contributed by atoms with van der Waals surface area (Å²) in [4.78, 5) is 0. The van der Waals surface area contributed by atoms with E-state index in [-0.39, 0.29) is 17.0 Å². The van der Waals surface area contributed by atoms with Crippen molar-refractivity contribution in [1.82, 2.24) is 9.78 Å². The van der Waals surface area contributed by atoms with Crippen molar-refractivity contribution < 1.29 is 13.5 Å². The highest BCUT2D eigenvalue weighted by atomic mass is 79.9. The van der Waals surface area contributed by atoms with Gasteiger partial charge in [0.05, 0.1) is 11.6 Å². The number of rotatable bonds is 2. The van der Waals surface area contributed by atoms with Gasteiger partial charge in [0, 0.05) is 18.7 Å². The van der Waals surface area contributed by atoms with E-state index in [9.17, 15) is 8.78 Å². The van der Waals surface area contributed by atoms with Crippen LogP contribution in [0.1, 0.15) is 0 Å². The van der Waals surface area contributed by atoms with Crippen molar-refractivity contribution in [2.24, 2.45) is 7.05 Å². The second kappa shape index (κ2) is 4.56.